The molecule has 0 radical (unpaired) electrons. The Morgan fingerprint density at radius 3 is 2.74 bits per heavy atom. The molecule has 0 heterocycles. The molecule has 1 saturated carbocycles. The molecule has 106 valence electrons. The van der Waals surface area contributed by atoms with E-state index in [0.717, 1.165) is 19.4 Å². The number of hydrogen-bond acceptors (Lipinski definition) is 3. The van der Waals surface area contributed by atoms with Crippen LogP contribution in [0.5, 0.6) is 0 Å². The van der Waals surface area contributed by atoms with Crippen LogP contribution in [0.4, 0.5) is 5.69 Å². The van der Waals surface area contributed by atoms with Crippen molar-refractivity contribution in [2.24, 2.45) is 5.41 Å². The summed E-state index contributed by atoms with van der Waals surface area (Å²) < 4.78 is 5.86. The van der Waals surface area contributed by atoms with Gasteiger partial charge in [-0.3, -0.25) is 0 Å². The normalized spacial score (nSPS) is 29.9. The molecule has 0 saturated heterocycles. The lowest BCUT2D eigenvalue weighted by atomic mass is 9.61. The Morgan fingerprint density at radius 1 is 1.37 bits per heavy atom. The van der Waals surface area contributed by atoms with Gasteiger partial charge in [0.25, 0.3) is 0 Å². The lowest BCUT2D eigenvalue weighted by Gasteiger charge is -2.54. The molecule has 1 aliphatic carbocycles. The Labute approximate surface area is 121 Å². The van der Waals surface area contributed by atoms with E-state index in [0.29, 0.717) is 12.1 Å². The SMILES string of the molecule is CCOC1CC(Nc2ccccc2SC)C1(C)CC. The van der Waals surface area contributed by atoms with Gasteiger partial charge in [0.1, 0.15) is 0 Å². The summed E-state index contributed by atoms with van der Waals surface area (Å²) in [7, 11) is 0. The van der Waals surface area contributed by atoms with E-state index < -0.39 is 0 Å². The first kappa shape index (κ1) is 14.7. The molecule has 3 atom stereocenters. The third kappa shape index (κ3) is 2.77. The predicted octanol–water partition coefficient (Wildman–Crippen LogP) is 4.41. The minimum atomic E-state index is 0.252. The molecule has 1 aliphatic rings. The minimum absolute atomic E-state index is 0.252. The Bertz CT molecular complexity index is 423. The van der Waals surface area contributed by atoms with Crippen molar-refractivity contribution < 1.29 is 4.74 Å². The minimum Gasteiger partial charge on any atom is -0.381 e. The third-order valence-electron chi connectivity index (χ3n) is 4.55. The van der Waals surface area contributed by atoms with Crippen LogP contribution >= 0.6 is 11.8 Å². The van der Waals surface area contributed by atoms with Crippen molar-refractivity contribution in [1.82, 2.24) is 0 Å². The maximum Gasteiger partial charge on any atom is 0.0667 e. The number of hydrogen-bond donors (Lipinski definition) is 1. The van der Waals surface area contributed by atoms with Crippen LogP contribution in [0.3, 0.4) is 0 Å². The molecule has 0 bridgehead atoms. The van der Waals surface area contributed by atoms with Gasteiger partial charge in [-0.2, -0.15) is 0 Å². The van der Waals surface area contributed by atoms with Crippen molar-refractivity contribution in [3.05, 3.63) is 24.3 Å². The van der Waals surface area contributed by atoms with Crippen LogP contribution in [0.2, 0.25) is 0 Å². The molecule has 1 N–H and O–H groups in total. The zero-order valence-electron chi connectivity index (χ0n) is 12.4. The summed E-state index contributed by atoms with van der Waals surface area (Å²) in [5, 5.41) is 3.73. The topological polar surface area (TPSA) is 21.3 Å². The van der Waals surface area contributed by atoms with Crippen LogP contribution in [-0.4, -0.2) is 25.0 Å². The Balaban J connectivity index is 2.08. The van der Waals surface area contributed by atoms with Gasteiger partial charge < -0.3 is 10.1 Å². The highest BCUT2D eigenvalue weighted by Crippen LogP contribution is 2.47. The molecular weight excluding hydrogens is 254 g/mol. The van der Waals surface area contributed by atoms with Crippen molar-refractivity contribution in [3.8, 4) is 0 Å². The van der Waals surface area contributed by atoms with Gasteiger partial charge in [-0.05, 0) is 38.2 Å². The average Bonchev–Trinajstić information content (AvgIpc) is 2.45. The molecular formula is C16H25NOS. The van der Waals surface area contributed by atoms with E-state index in [9.17, 15) is 0 Å². The van der Waals surface area contributed by atoms with Gasteiger partial charge in [-0.15, -0.1) is 11.8 Å². The molecule has 3 heteroatoms. The van der Waals surface area contributed by atoms with Gasteiger partial charge in [0.05, 0.1) is 6.10 Å². The average molecular weight is 279 g/mol. The van der Waals surface area contributed by atoms with Crippen LogP contribution in [-0.2, 0) is 4.74 Å². The summed E-state index contributed by atoms with van der Waals surface area (Å²) in [6.45, 7) is 7.50. The summed E-state index contributed by atoms with van der Waals surface area (Å²) in [5.74, 6) is 0. The first-order valence-electron chi connectivity index (χ1n) is 7.16. The maximum atomic E-state index is 5.86. The van der Waals surface area contributed by atoms with Crippen molar-refractivity contribution in [1.29, 1.82) is 0 Å². The summed E-state index contributed by atoms with van der Waals surface area (Å²) in [6.07, 6.45) is 4.79. The van der Waals surface area contributed by atoms with Gasteiger partial charge in [0.15, 0.2) is 0 Å². The first-order chi connectivity index (χ1) is 9.15. The van der Waals surface area contributed by atoms with Crippen LogP contribution in [0, 0.1) is 5.41 Å². The Hall–Kier alpha value is -0.670. The van der Waals surface area contributed by atoms with Gasteiger partial charge in [-0.25, -0.2) is 0 Å². The predicted molar refractivity (Wildman–Crippen MR) is 84.1 cm³/mol. The van der Waals surface area contributed by atoms with E-state index in [4.69, 9.17) is 4.74 Å². The van der Waals surface area contributed by atoms with Gasteiger partial charge in [0, 0.05) is 28.6 Å². The van der Waals surface area contributed by atoms with E-state index in [1.54, 1.807) is 11.8 Å². The monoisotopic (exact) mass is 279 g/mol. The fourth-order valence-corrected chi connectivity index (χ4v) is 3.49. The van der Waals surface area contributed by atoms with Gasteiger partial charge in [0.2, 0.25) is 0 Å². The second-order valence-electron chi connectivity index (χ2n) is 5.44. The summed E-state index contributed by atoms with van der Waals surface area (Å²) in [5.41, 5.74) is 1.51. The highest BCUT2D eigenvalue weighted by molar-refractivity contribution is 7.98. The second-order valence-corrected chi connectivity index (χ2v) is 6.28. The molecule has 2 rings (SSSR count). The van der Waals surface area contributed by atoms with Crippen LogP contribution in [0.25, 0.3) is 0 Å². The molecule has 1 fully saturated rings. The van der Waals surface area contributed by atoms with Crippen molar-refractivity contribution in [3.63, 3.8) is 0 Å². The van der Waals surface area contributed by atoms with Gasteiger partial charge >= 0.3 is 0 Å². The molecule has 3 unspecified atom stereocenters. The number of nitrogens with one attached hydrogen (secondary N) is 1. The fraction of sp³-hybridized carbons (Fsp3) is 0.625. The fourth-order valence-electron chi connectivity index (χ4n) is 2.93. The molecule has 19 heavy (non-hydrogen) atoms. The molecule has 0 spiro atoms. The lowest BCUT2D eigenvalue weighted by Crippen LogP contribution is -2.59. The lowest BCUT2D eigenvalue weighted by molar-refractivity contribution is -0.109. The van der Waals surface area contributed by atoms with Crippen molar-refractivity contribution >= 4 is 17.4 Å². The first-order valence-corrected chi connectivity index (χ1v) is 8.39. The number of para-hydroxylation sites is 1. The summed E-state index contributed by atoms with van der Waals surface area (Å²) in [6, 6.07) is 9.07. The van der Waals surface area contributed by atoms with E-state index >= 15 is 0 Å². The Morgan fingerprint density at radius 2 is 2.11 bits per heavy atom. The maximum absolute atomic E-state index is 5.86. The van der Waals surface area contributed by atoms with E-state index in [1.807, 2.05) is 0 Å². The smallest absolute Gasteiger partial charge is 0.0667 e. The number of benzene rings is 1. The number of rotatable bonds is 6. The van der Waals surface area contributed by atoms with Crippen LogP contribution < -0.4 is 5.32 Å². The van der Waals surface area contributed by atoms with Crippen molar-refractivity contribution in [2.75, 3.05) is 18.2 Å². The molecule has 1 aromatic carbocycles. The number of thioether (sulfide) groups is 1. The Kier molecular flexibility index (Phi) is 4.80. The largest absolute Gasteiger partial charge is 0.381 e. The molecule has 0 amide bonds. The standard InChI is InChI=1S/C16H25NOS/c1-5-16(3)14(11-15(16)18-6-2)17-12-9-7-8-10-13(12)19-4/h7-10,14-15,17H,5-6,11H2,1-4H3. The van der Waals surface area contributed by atoms with Crippen LogP contribution in [0.15, 0.2) is 29.2 Å². The quantitative estimate of drug-likeness (QED) is 0.779. The van der Waals surface area contributed by atoms with Crippen molar-refractivity contribution in [2.45, 2.75) is 50.7 Å². The van der Waals surface area contributed by atoms with E-state index in [-0.39, 0.29) is 5.41 Å². The summed E-state index contributed by atoms with van der Waals surface area (Å²) >= 11 is 1.80. The number of anilines is 1. The zero-order chi connectivity index (χ0) is 13.9. The molecule has 2 nitrogen and oxygen atoms in total. The van der Waals surface area contributed by atoms with Crippen LogP contribution in [0.1, 0.15) is 33.6 Å². The zero-order valence-corrected chi connectivity index (χ0v) is 13.2. The molecule has 0 aliphatic heterocycles. The molecule has 0 aromatic heterocycles. The summed E-state index contributed by atoms with van der Waals surface area (Å²) in [4.78, 5) is 1.32. The highest BCUT2D eigenvalue weighted by Gasteiger charge is 2.51. The highest BCUT2D eigenvalue weighted by atomic mass is 32.2. The third-order valence-corrected chi connectivity index (χ3v) is 5.34. The van der Waals surface area contributed by atoms with E-state index in [2.05, 4.69) is 56.6 Å². The molecule has 1 aromatic rings. The van der Waals surface area contributed by atoms with E-state index in [1.165, 1.54) is 10.6 Å². The van der Waals surface area contributed by atoms with Gasteiger partial charge in [-0.1, -0.05) is 26.0 Å². The number of ether oxygens (including phenoxy) is 1. The second kappa shape index (κ2) is 6.19.